The van der Waals surface area contributed by atoms with Crippen LogP contribution >= 0.6 is 0 Å². The molecule has 0 radical (unpaired) electrons. The summed E-state index contributed by atoms with van der Waals surface area (Å²) in [6.07, 6.45) is 3.10. The average molecular weight is 302 g/mol. The van der Waals surface area contributed by atoms with E-state index >= 15 is 0 Å². The SMILES string of the molecule is CC(c1ccc(-n2cncn2)cc1)N(C)CC(=O)NC(N)=O. The molecule has 0 saturated carbocycles. The van der Waals surface area contributed by atoms with E-state index < -0.39 is 11.9 Å². The van der Waals surface area contributed by atoms with Crippen molar-refractivity contribution in [1.82, 2.24) is 25.0 Å². The van der Waals surface area contributed by atoms with Crippen LogP contribution in [0.25, 0.3) is 5.69 Å². The van der Waals surface area contributed by atoms with Gasteiger partial charge in [0.25, 0.3) is 0 Å². The van der Waals surface area contributed by atoms with Crippen molar-refractivity contribution in [3.8, 4) is 5.69 Å². The fourth-order valence-corrected chi connectivity index (χ4v) is 2.04. The van der Waals surface area contributed by atoms with Crippen LogP contribution in [0.2, 0.25) is 0 Å². The Balaban J connectivity index is 2.01. The van der Waals surface area contributed by atoms with E-state index in [1.54, 1.807) is 18.1 Å². The molecular formula is C14H18N6O2. The third-order valence-electron chi connectivity index (χ3n) is 3.38. The topological polar surface area (TPSA) is 106 Å². The van der Waals surface area contributed by atoms with Crippen LogP contribution in [0.15, 0.2) is 36.9 Å². The van der Waals surface area contributed by atoms with E-state index in [9.17, 15) is 9.59 Å². The highest BCUT2D eigenvalue weighted by molar-refractivity contribution is 5.94. The van der Waals surface area contributed by atoms with Crippen molar-refractivity contribution in [2.75, 3.05) is 13.6 Å². The first kappa shape index (κ1) is 15.6. The zero-order valence-corrected chi connectivity index (χ0v) is 12.4. The summed E-state index contributed by atoms with van der Waals surface area (Å²) in [5.74, 6) is -0.430. The van der Waals surface area contributed by atoms with Gasteiger partial charge in [0.1, 0.15) is 12.7 Å². The molecule has 0 saturated heterocycles. The quantitative estimate of drug-likeness (QED) is 0.834. The van der Waals surface area contributed by atoms with Crippen LogP contribution in [0.5, 0.6) is 0 Å². The molecule has 1 atom stereocenters. The van der Waals surface area contributed by atoms with Gasteiger partial charge in [-0.2, -0.15) is 5.10 Å². The maximum absolute atomic E-state index is 11.5. The zero-order chi connectivity index (χ0) is 16.1. The first-order chi connectivity index (χ1) is 10.5. The molecule has 0 aliphatic carbocycles. The second-order valence-electron chi connectivity index (χ2n) is 4.94. The minimum absolute atomic E-state index is 0.00317. The molecule has 1 unspecified atom stereocenters. The van der Waals surface area contributed by atoms with E-state index in [4.69, 9.17) is 5.73 Å². The van der Waals surface area contributed by atoms with Crippen molar-refractivity contribution in [3.05, 3.63) is 42.5 Å². The van der Waals surface area contributed by atoms with Crippen molar-refractivity contribution in [2.45, 2.75) is 13.0 Å². The Morgan fingerprint density at radius 1 is 1.36 bits per heavy atom. The monoisotopic (exact) mass is 302 g/mol. The Morgan fingerprint density at radius 3 is 2.59 bits per heavy atom. The lowest BCUT2D eigenvalue weighted by Gasteiger charge is -2.24. The average Bonchev–Trinajstić information content (AvgIpc) is 2.99. The number of urea groups is 1. The van der Waals surface area contributed by atoms with Gasteiger partial charge in [0.15, 0.2) is 0 Å². The maximum atomic E-state index is 11.5. The molecule has 0 aliphatic heterocycles. The van der Waals surface area contributed by atoms with Crippen LogP contribution in [0.1, 0.15) is 18.5 Å². The summed E-state index contributed by atoms with van der Waals surface area (Å²) >= 11 is 0. The van der Waals surface area contributed by atoms with Crippen molar-refractivity contribution in [1.29, 1.82) is 0 Å². The molecular weight excluding hydrogens is 284 g/mol. The number of nitrogens with two attached hydrogens (primary N) is 1. The lowest BCUT2D eigenvalue weighted by molar-refractivity contribution is -0.121. The van der Waals surface area contributed by atoms with Crippen LogP contribution < -0.4 is 11.1 Å². The van der Waals surface area contributed by atoms with Gasteiger partial charge >= 0.3 is 6.03 Å². The first-order valence-electron chi connectivity index (χ1n) is 6.72. The molecule has 0 spiro atoms. The summed E-state index contributed by atoms with van der Waals surface area (Å²) in [5, 5.41) is 6.11. The number of carbonyl (C=O) groups is 2. The number of rotatable bonds is 5. The summed E-state index contributed by atoms with van der Waals surface area (Å²) < 4.78 is 1.67. The van der Waals surface area contributed by atoms with Gasteiger partial charge in [0.2, 0.25) is 5.91 Å². The molecule has 1 aromatic carbocycles. The third-order valence-corrected chi connectivity index (χ3v) is 3.38. The van der Waals surface area contributed by atoms with E-state index in [1.807, 2.05) is 41.4 Å². The Bertz CT molecular complexity index is 638. The molecule has 0 fully saturated rings. The second-order valence-corrected chi connectivity index (χ2v) is 4.94. The number of aromatic nitrogens is 3. The fraction of sp³-hybridized carbons (Fsp3) is 0.286. The van der Waals surface area contributed by atoms with E-state index in [-0.39, 0.29) is 12.6 Å². The normalized spacial score (nSPS) is 12.1. The molecule has 2 rings (SSSR count). The molecule has 8 nitrogen and oxygen atoms in total. The highest BCUT2D eigenvalue weighted by Gasteiger charge is 2.15. The van der Waals surface area contributed by atoms with E-state index in [0.29, 0.717) is 0 Å². The van der Waals surface area contributed by atoms with Gasteiger partial charge in [0.05, 0.1) is 12.2 Å². The highest BCUT2D eigenvalue weighted by Crippen LogP contribution is 2.19. The second kappa shape index (κ2) is 6.81. The van der Waals surface area contributed by atoms with Gasteiger partial charge in [-0.3, -0.25) is 15.0 Å². The van der Waals surface area contributed by atoms with Gasteiger partial charge in [-0.15, -0.1) is 0 Å². The van der Waals surface area contributed by atoms with Gasteiger partial charge < -0.3 is 5.73 Å². The van der Waals surface area contributed by atoms with Crippen molar-refractivity contribution >= 4 is 11.9 Å². The van der Waals surface area contributed by atoms with Gasteiger partial charge in [-0.25, -0.2) is 14.5 Å². The molecule has 1 heterocycles. The Kier molecular flexibility index (Phi) is 4.84. The molecule has 3 N–H and O–H groups in total. The van der Waals surface area contributed by atoms with E-state index in [2.05, 4.69) is 10.1 Å². The lowest BCUT2D eigenvalue weighted by atomic mass is 10.1. The van der Waals surface area contributed by atoms with Crippen molar-refractivity contribution in [3.63, 3.8) is 0 Å². The summed E-state index contributed by atoms with van der Waals surface area (Å²) in [7, 11) is 1.80. The number of likely N-dealkylation sites (N-methyl/N-ethyl adjacent to an activating group) is 1. The third kappa shape index (κ3) is 3.89. The number of hydrogen-bond donors (Lipinski definition) is 2. The smallest absolute Gasteiger partial charge is 0.318 e. The lowest BCUT2D eigenvalue weighted by Crippen LogP contribution is -2.41. The largest absolute Gasteiger partial charge is 0.351 e. The molecule has 1 aromatic heterocycles. The molecule has 0 bridgehead atoms. The van der Waals surface area contributed by atoms with E-state index in [1.165, 1.54) is 6.33 Å². The predicted molar refractivity (Wildman–Crippen MR) is 80.1 cm³/mol. The number of carbonyl (C=O) groups excluding carboxylic acids is 2. The number of imide groups is 1. The van der Waals surface area contributed by atoms with Crippen molar-refractivity contribution < 1.29 is 9.59 Å². The van der Waals surface area contributed by atoms with Crippen LogP contribution in [0.4, 0.5) is 4.79 Å². The summed E-state index contributed by atoms with van der Waals surface area (Å²) in [6.45, 7) is 2.05. The molecule has 22 heavy (non-hydrogen) atoms. The summed E-state index contributed by atoms with van der Waals surface area (Å²) in [6, 6.07) is 6.94. The number of nitrogens with one attached hydrogen (secondary N) is 1. The minimum Gasteiger partial charge on any atom is -0.351 e. The maximum Gasteiger partial charge on any atom is 0.318 e. The number of hydrogen-bond acceptors (Lipinski definition) is 5. The molecule has 2 aromatic rings. The molecule has 0 aliphatic rings. The van der Waals surface area contributed by atoms with E-state index in [0.717, 1.165) is 11.3 Å². The Labute approximate surface area is 127 Å². The minimum atomic E-state index is -0.844. The predicted octanol–water partition coefficient (Wildman–Crippen LogP) is 0.455. The standard InChI is InChI=1S/C14H18N6O2/c1-10(19(2)7-13(21)18-14(15)22)11-3-5-12(6-4-11)20-9-16-8-17-20/h3-6,8-10H,7H2,1-2H3,(H3,15,18,21,22). The number of benzene rings is 1. The zero-order valence-electron chi connectivity index (χ0n) is 12.4. The molecule has 3 amide bonds. The summed E-state index contributed by atoms with van der Waals surface area (Å²) in [4.78, 5) is 27.9. The number of nitrogens with zero attached hydrogens (tertiary/aromatic N) is 4. The van der Waals surface area contributed by atoms with Crippen LogP contribution in [0, 0.1) is 0 Å². The Hall–Kier alpha value is -2.74. The Morgan fingerprint density at radius 2 is 2.05 bits per heavy atom. The summed E-state index contributed by atoms with van der Waals surface area (Å²) in [5.41, 5.74) is 6.86. The van der Waals surface area contributed by atoms with Crippen LogP contribution in [-0.2, 0) is 4.79 Å². The molecule has 116 valence electrons. The van der Waals surface area contributed by atoms with Crippen LogP contribution in [0.3, 0.4) is 0 Å². The fourth-order valence-electron chi connectivity index (χ4n) is 2.04. The number of primary amides is 1. The van der Waals surface area contributed by atoms with Crippen LogP contribution in [-0.4, -0.2) is 45.2 Å². The van der Waals surface area contributed by atoms with Gasteiger partial charge in [0, 0.05) is 6.04 Å². The number of amides is 3. The molecule has 8 heteroatoms. The van der Waals surface area contributed by atoms with Crippen molar-refractivity contribution in [2.24, 2.45) is 5.73 Å². The van der Waals surface area contributed by atoms with Gasteiger partial charge in [-0.1, -0.05) is 12.1 Å². The van der Waals surface area contributed by atoms with Gasteiger partial charge in [-0.05, 0) is 31.7 Å². The first-order valence-corrected chi connectivity index (χ1v) is 6.72. The highest BCUT2D eigenvalue weighted by atomic mass is 16.2.